The third-order valence-corrected chi connectivity index (χ3v) is 9.46. The number of hydrogen-bond acceptors (Lipinski definition) is 5. The van der Waals surface area contributed by atoms with Crippen LogP contribution in [0.2, 0.25) is 0 Å². The molecular formula is C24H38N2O5S. The molecular weight excluding hydrogens is 428 g/mol. The van der Waals surface area contributed by atoms with Gasteiger partial charge in [-0.3, -0.25) is 14.4 Å². The zero-order valence-electron chi connectivity index (χ0n) is 19.8. The van der Waals surface area contributed by atoms with Gasteiger partial charge in [0, 0.05) is 30.0 Å². The number of rotatable bonds is 10. The molecule has 8 heteroatoms. The number of aliphatic carboxylic acids is 1. The molecule has 0 aliphatic carbocycles. The molecule has 32 heavy (non-hydrogen) atoms. The molecule has 2 N–H and O–H groups in total. The number of thioether (sulfide) groups is 1. The normalized spacial score (nSPS) is 33.5. The van der Waals surface area contributed by atoms with E-state index < -0.39 is 38.9 Å². The first-order chi connectivity index (χ1) is 14.9. The van der Waals surface area contributed by atoms with Gasteiger partial charge in [0.05, 0.1) is 16.6 Å². The Morgan fingerprint density at radius 3 is 2.47 bits per heavy atom. The van der Waals surface area contributed by atoms with Crippen LogP contribution < -0.4 is 0 Å². The molecule has 5 atom stereocenters. The van der Waals surface area contributed by atoms with E-state index in [4.69, 9.17) is 5.11 Å². The summed E-state index contributed by atoms with van der Waals surface area (Å²) in [6.07, 6.45) is 6.24. The van der Waals surface area contributed by atoms with E-state index in [1.165, 1.54) is 0 Å². The Labute approximate surface area is 195 Å². The van der Waals surface area contributed by atoms with Gasteiger partial charge in [-0.25, -0.2) is 0 Å². The highest BCUT2D eigenvalue weighted by Crippen LogP contribution is 2.71. The van der Waals surface area contributed by atoms with Crippen molar-refractivity contribution in [3.05, 3.63) is 12.7 Å². The average molecular weight is 467 g/mol. The second kappa shape index (κ2) is 9.01. The molecule has 0 saturated carbocycles. The van der Waals surface area contributed by atoms with Crippen molar-refractivity contribution in [1.82, 2.24) is 9.80 Å². The number of fused-ring (bicyclic) bond motifs is 1. The maximum Gasteiger partial charge on any atom is 0.308 e. The number of hydrogen-bond donors (Lipinski definition) is 2. The number of unbranched alkanes of at least 4 members (excludes halogenated alkanes) is 3. The second-order valence-electron chi connectivity index (χ2n) is 10.6. The van der Waals surface area contributed by atoms with Crippen molar-refractivity contribution < 1.29 is 24.6 Å². The first-order valence-electron chi connectivity index (χ1n) is 11.7. The van der Waals surface area contributed by atoms with Crippen molar-refractivity contribution in [3.63, 3.8) is 0 Å². The minimum Gasteiger partial charge on any atom is -0.481 e. The maximum absolute atomic E-state index is 14.1. The Hall–Kier alpha value is -1.54. The van der Waals surface area contributed by atoms with Gasteiger partial charge in [-0.05, 0) is 53.4 Å². The Morgan fingerprint density at radius 2 is 1.91 bits per heavy atom. The number of carbonyl (C=O) groups is 3. The fourth-order valence-electron chi connectivity index (χ4n) is 6.04. The van der Waals surface area contributed by atoms with E-state index in [9.17, 15) is 19.5 Å². The lowest BCUT2D eigenvalue weighted by Gasteiger charge is -2.42. The van der Waals surface area contributed by atoms with E-state index in [2.05, 4.69) is 6.58 Å². The molecule has 0 aromatic rings. The summed E-state index contributed by atoms with van der Waals surface area (Å²) in [4.78, 5) is 43.5. The van der Waals surface area contributed by atoms with Crippen LogP contribution >= 0.6 is 11.8 Å². The van der Waals surface area contributed by atoms with Crippen molar-refractivity contribution in [2.24, 2.45) is 11.8 Å². The average Bonchev–Trinajstić information content (AvgIpc) is 3.25. The lowest BCUT2D eigenvalue weighted by Crippen LogP contribution is -2.58. The van der Waals surface area contributed by atoms with Crippen LogP contribution in [0.1, 0.15) is 66.2 Å². The third-order valence-electron chi connectivity index (χ3n) is 7.47. The molecule has 3 fully saturated rings. The number of carboxylic acid groups (broad SMARTS) is 1. The maximum atomic E-state index is 14.1. The molecule has 3 aliphatic rings. The molecule has 3 rings (SSSR count). The van der Waals surface area contributed by atoms with Gasteiger partial charge in [-0.1, -0.05) is 18.9 Å². The predicted molar refractivity (Wildman–Crippen MR) is 125 cm³/mol. The molecule has 180 valence electrons. The number of amides is 2. The molecule has 2 unspecified atom stereocenters. The van der Waals surface area contributed by atoms with Crippen molar-refractivity contribution >= 4 is 29.5 Å². The van der Waals surface area contributed by atoms with Gasteiger partial charge in [0.25, 0.3) is 0 Å². The van der Waals surface area contributed by atoms with E-state index in [0.29, 0.717) is 25.9 Å². The van der Waals surface area contributed by atoms with Gasteiger partial charge in [0.1, 0.15) is 6.04 Å². The van der Waals surface area contributed by atoms with E-state index in [1.807, 2.05) is 27.7 Å². The van der Waals surface area contributed by atoms with Gasteiger partial charge >= 0.3 is 5.97 Å². The highest BCUT2D eigenvalue weighted by Gasteiger charge is 2.77. The van der Waals surface area contributed by atoms with E-state index >= 15 is 0 Å². The fourth-order valence-corrected chi connectivity index (χ4v) is 8.38. The zero-order chi connectivity index (χ0) is 23.9. The molecule has 0 aromatic heterocycles. The lowest BCUT2D eigenvalue weighted by atomic mass is 9.66. The van der Waals surface area contributed by atoms with Crippen LogP contribution in [-0.4, -0.2) is 78.6 Å². The van der Waals surface area contributed by atoms with E-state index in [1.54, 1.807) is 27.6 Å². The molecule has 3 aliphatic heterocycles. The van der Waals surface area contributed by atoms with Gasteiger partial charge in [0.2, 0.25) is 11.8 Å². The molecule has 0 radical (unpaired) electrons. The Bertz CT molecular complexity index is 781. The Balaban J connectivity index is 1.99. The van der Waals surface area contributed by atoms with Gasteiger partial charge < -0.3 is 20.0 Å². The number of nitrogens with zero attached hydrogens (tertiary/aromatic N) is 2. The van der Waals surface area contributed by atoms with Crippen molar-refractivity contribution in [3.8, 4) is 0 Å². The SMILES string of the molecule is C=CCN(C(=O)C1N(CCCCCCO)C(=O)[C@@H]2[C@@H](C(=O)O)[C@@]3(C)CCC12S3)C(C)(C)C. The predicted octanol–water partition coefficient (Wildman–Crippen LogP) is 2.92. The first-order valence-corrected chi connectivity index (χ1v) is 12.5. The summed E-state index contributed by atoms with van der Waals surface area (Å²) in [6.45, 7) is 12.6. The van der Waals surface area contributed by atoms with Crippen molar-refractivity contribution in [2.75, 3.05) is 19.7 Å². The summed E-state index contributed by atoms with van der Waals surface area (Å²) in [5, 5.41) is 19.1. The summed E-state index contributed by atoms with van der Waals surface area (Å²) in [6, 6.07) is -0.659. The summed E-state index contributed by atoms with van der Waals surface area (Å²) in [5.41, 5.74) is -0.451. The summed E-state index contributed by atoms with van der Waals surface area (Å²) in [5.74, 6) is -2.66. The van der Waals surface area contributed by atoms with Gasteiger partial charge in [-0.15, -0.1) is 18.3 Å². The number of aliphatic hydroxyl groups excluding tert-OH is 1. The largest absolute Gasteiger partial charge is 0.481 e. The number of likely N-dealkylation sites (tertiary alicyclic amines) is 1. The standard InChI is InChI=1S/C24H38N2O5S/c1-6-13-26(22(2,3)4)20(29)18-24-12-11-23(5,32-24)17(21(30)31)16(24)19(28)25(18)14-9-7-8-10-15-27/h6,16-18,27H,1,7-15H2,2-5H3,(H,30,31)/t16-,17-,18?,23+,24?/m0/s1. The highest BCUT2D eigenvalue weighted by atomic mass is 32.2. The molecule has 0 aromatic carbocycles. The Morgan fingerprint density at radius 1 is 1.25 bits per heavy atom. The lowest BCUT2D eigenvalue weighted by molar-refractivity contribution is -0.150. The molecule has 3 heterocycles. The topological polar surface area (TPSA) is 98.2 Å². The molecule has 2 amide bonds. The van der Waals surface area contributed by atoms with Crippen LogP contribution in [0.15, 0.2) is 12.7 Å². The van der Waals surface area contributed by atoms with Crippen LogP contribution in [0, 0.1) is 11.8 Å². The van der Waals surface area contributed by atoms with Crippen LogP contribution in [0.3, 0.4) is 0 Å². The molecule has 1 spiro atoms. The van der Waals surface area contributed by atoms with Crippen molar-refractivity contribution in [1.29, 1.82) is 0 Å². The zero-order valence-corrected chi connectivity index (χ0v) is 20.6. The number of carbonyl (C=O) groups excluding carboxylic acids is 2. The first kappa shape index (κ1) is 25.1. The van der Waals surface area contributed by atoms with Crippen LogP contribution in [-0.2, 0) is 14.4 Å². The number of carboxylic acids is 1. The minimum atomic E-state index is -0.935. The minimum absolute atomic E-state index is 0.105. The third kappa shape index (κ3) is 3.98. The monoisotopic (exact) mass is 466 g/mol. The van der Waals surface area contributed by atoms with Crippen LogP contribution in [0.5, 0.6) is 0 Å². The quantitative estimate of drug-likeness (QED) is 0.379. The van der Waals surface area contributed by atoms with Crippen molar-refractivity contribution in [2.45, 2.75) is 87.3 Å². The summed E-state index contributed by atoms with van der Waals surface area (Å²) in [7, 11) is 0. The van der Waals surface area contributed by atoms with Crippen LogP contribution in [0.4, 0.5) is 0 Å². The Kier molecular flexibility index (Phi) is 7.06. The fraction of sp³-hybridized carbons (Fsp3) is 0.792. The van der Waals surface area contributed by atoms with E-state index in [-0.39, 0.29) is 18.4 Å². The smallest absolute Gasteiger partial charge is 0.308 e. The van der Waals surface area contributed by atoms with Gasteiger partial charge in [-0.2, -0.15) is 0 Å². The summed E-state index contributed by atoms with van der Waals surface area (Å²) < 4.78 is -1.22. The molecule has 7 nitrogen and oxygen atoms in total. The van der Waals surface area contributed by atoms with E-state index in [0.717, 1.165) is 25.7 Å². The number of aliphatic hydroxyl groups is 1. The van der Waals surface area contributed by atoms with Gasteiger partial charge in [0.15, 0.2) is 0 Å². The molecule has 3 saturated heterocycles. The second-order valence-corrected chi connectivity index (χ2v) is 12.5. The van der Waals surface area contributed by atoms with Crippen LogP contribution in [0.25, 0.3) is 0 Å². The highest BCUT2D eigenvalue weighted by molar-refractivity contribution is 8.02. The summed E-state index contributed by atoms with van der Waals surface area (Å²) >= 11 is 1.58. The molecule has 2 bridgehead atoms.